The number of benzene rings is 2. The van der Waals surface area contributed by atoms with Gasteiger partial charge in [-0.2, -0.15) is 0 Å². The van der Waals surface area contributed by atoms with Gasteiger partial charge in [0.15, 0.2) is 11.5 Å². The number of nitrogens with one attached hydrogen (secondary N) is 1. The third-order valence-electron chi connectivity index (χ3n) is 3.52. The maximum Gasteiger partial charge on any atom is 0.157 e. The molecule has 1 unspecified atom stereocenters. The minimum Gasteiger partial charge on any atom is -0.504 e. The first-order chi connectivity index (χ1) is 10.1. The Labute approximate surface area is 122 Å². The SMILES string of the molecule is CC(NCc1ccc(O)c(O)c1)c1cc2ccccc2o1. The summed E-state index contributed by atoms with van der Waals surface area (Å²) in [4.78, 5) is 0. The van der Waals surface area contributed by atoms with Gasteiger partial charge in [-0.1, -0.05) is 24.3 Å². The highest BCUT2D eigenvalue weighted by molar-refractivity contribution is 5.77. The lowest BCUT2D eigenvalue weighted by Crippen LogP contribution is -2.17. The zero-order chi connectivity index (χ0) is 14.8. The van der Waals surface area contributed by atoms with Crippen molar-refractivity contribution in [2.45, 2.75) is 19.5 Å². The third kappa shape index (κ3) is 2.85. The molecule has 0 fully saturated rings. The zero-order valence-electron chi connectivity index (χ0n) is 11.7. The van der Waals surface area contributed by atoms with Gasteiger partial charge in [0.2, 0.25) is 0 Å². The number of para-hydroxylation sites is 1. The Hall–Kier alpha value is -2.46. The van der Waals surface area contributed by atoms with Crippen LogP contribution in [0.4, 0.5) is 0 Å². The molecule has 0 saturated heterocycles. The summed E-state index contributed by atoms with van der Waals surface area (Å²) in [5, 5.41) is 23.2. The highest BCUT2D eigenvalue weighted by Gasteiger charge is 2.11. The molecule has 0 aliphatic rings. The van der Waals surface area contributed by atoms with Crippen LogP contribution >= 0.6 is 0 Å². The van der Waals surface area contributed by atoms with E-state index in [0.717, 1.165) is 22.3 Å². The molecule has 1 atom stereocenters. The van der Waals surface area contributed by atoms with Crippen molar-refractivity contribution >= 4 is 11.0 Å². The van der Waals surface area contributed by atoms with Crippen LogP contribution in [-0.2, 0) is 6.54 Å². The summed E-state index contributed by atoms with van der Waals surface area (Å²) in [6, 6.07) is 14.8. The Morgan fingerprint density at radius 2 is 1.86 bits per heavy atom. The fourth-order valence-corrected chi connectivity index (χ4v) is 2.27. The summed E-state index contributed by atoms with van der Waals surface area (Å²) in [5.74, 6) is 0.661. The van der Waals surface area contributed by atoms with Crippen molar-refractivity contribution in [1.29, 1.82) is 0 Å². The summed E-state index contributed by atoms with van der Waals surface area (Å²) in [6.45, 7) is 2.60. The number of phenolic OH excluding ortho intramolecular Hbond substituents is 2. The summed E-state index contributed by atoms with van der Waals surface area (Å²) >= 11 is 0. The second-order valence-electron chi connectivity index (χ2n) is 5.11. The number of phenols is 2. The largest absolute Gasteiger partial charge is 0.504 e. The van der Waals surface area contributed by atoms with Crippen molar-refractivity contribution in [3.05, 3.63) is 59.9 Å². The minimum atomic E-state index is -0.107. The van der Waals surface area contributed by atoms with Gasteiger partial charge in [-0.05, 0) is 36.8 Å². The number of furan rings is 1. The first kappa shape index (κ1) is 13.5. The third-order valence-corrected chi connectivity index (χ3v) is 3.52. The lowest BCUT2D eigenvalue weighted by Gasteiger charge is -2.11. The fraction of sp³-hybridized carbons (Fsp3) is 0.176. The van der Waals surface area contributed by atoms with E-state index in [0.29, 0.717) is 6.54 Å². The zero-order valence-corrected chi connectivity index (χ0v) is 11.7. The van der Waals surface area contributed by atoms with E-state index in [1.54, 1.807) is 12.1 Å². The van der Waals surface area contributed by atoms with E-state index < -0.39 is 0 Å². The van der Waals surface area contributed by atoms with Gasteiger partial charge in [0.05, 0.1) is 6.04 Å². The van der Waals surface area contributed by atoms with Gasteiger partial charge in [-0.15, -0.1) is 0 Å². The molecule has 108 valence electrons. The van der Waals surface area contributed by atoms with Gasteiger partial charge in [0.1, 0.15) is 11.3 Å². The van der Waals surface area contributed by atoms with Gasteiger partial charge >= 0.3 is 0 Å². The summed E-state index contributed by atoms with van der Waals surface area (Å²) in [5.41, 5.74) is 1.77. The molecular weight excluding hydrogens is 266 g/mol. The standard InChI is InChI=1S/C17H17NO3/c1-11(17-9-13-4-2-3-5-16(13)21-17)18-10-12-6-7-14(19)15(20)8-12/h2-9,11,18-20H,10H2,1H3. The summed E-state index contributed by atoms with van der Waals surface area (Å²) in [6.07, 6.45) is 0. The van der Waals surface area contributed by atoms with Crippen LogP contribution in [-0.4, -0.2) is 10.2 Å². The van der Waals surface area contributed by atoms with Crippen LogP contribution < -0.4 is 5.32 Å². The van der Waals surface area contributed by atoms with Crippen LogP contribution in [0.2, 0.25) is 0 Å². The summed E-state index contributed by atoms with van der Waals surface area (Å²) in [7, 11) is 0. The quantitative estimate of drug-likeness (QED) is 0.639. The molecule has 0 bridgehead atoms. The van der Waals surface area contributed by atoms with Gasteiger partial charge in [-0.25, -0.2) is 0 Å². The smallest absolute Gasteiger partial charge is 0.157 e. The molecule has 0 saturated carbocycles. The summed E-state index contributed by atoms with van der Waals surface area (Å²) < 4.78 is 5.81. The van der Waals surface area contributed by atoms with Crippen molar-refractivity contribution in [2.24, 2.45) is 0 Å². The highest BCUT2D eigenvalue weighted by Crippen LogP contribution is 2.26. The monoisotopic (exact) mass is 283 g/mol. The van der Waals surface area contributed by atoms with Gasteiger partial charge in [-0.3, -0.25) is 0 Å². The Morgan fingerprint density at radius 3 is 2.62 bits per heavy atom. The molecule has 0 aliphatic heterocycles. The molecular formula is C17H17NO3. The van der Waals surface area contributed by atoms with Crippen LogP contribution in [0.25, 0.3) is 11.0 Å². The molecule has 3 N–H and O–H groups in total. The molecule has 0 spiro atoms. The molecule has 4 nitrogen and oxygen atoms in total. The van der Waals surface area contributed by atoms with Crippen molar-refractivity contribution in [1.82, 2.24) is 5.32 Å². The molecule has 3 aromatic rings. The number of hydrogen-bond donors (Lipinski definition) is 3. The lowest BCUT2D eigenvalue weighted by molar-refractivity contribution is 0.402. The van der Waals surface area contributed by atoms with E-state index in [9.17, 15) is 10.2 Å². The van der Waals surface area contributed by atoms with Crippen LogP contribution in [0.5, 0.6) is 11.5 Å². The molecule has 21 heavy (non-hydrogen) atoms. The van der Waals surface area contributed by atoms with Gasteiger partial charge < -0.3 is 19.9 Å². The van der Waals surface area contributed by atoms with E-state index in [1.807, 2.05) is 37.3 Å². The Bertz CT molecular complexity index is 731. The van der Waals surface area contributed by atoms with Crippen LogP contribution in [0.3, 0.4) is 0 Å². The van der Waals surface area contributed by atoms with E-state index >= 15 is 0 Å². The molecule has 0 aliphatic carbocycles. The van der Waals surface area contributed by atoms with Crippen molar-refractivity contribution in [3.63, 3.8) is 0 Å². The Balaban J connectivity index is 1.70. The second kappa shape index (κ2) is 5.50. The molecule has 3 rings (SSSR count). The molecule has 1 heterocycles. The molecule has 2 aromatic carbocycles. The predicted molar refractivity (Wildman–Crippen MR) is 81.2 cm³/mol. The lowest BCUT2D eigenvalue weighted by atomic mass is 10.1. The van der Waals surface area contributed by atoms with Crippen LogP contribution in [0.1, 0.15) is 24.3 Å². The van der Waals surface area contributed by atoms with Crippen molar-refractivity contribution < 1.29 is 14.6 Å². The first-order valence-corrected chi connectivity index (χ1v) is 6.86. The Morgan fingerprint density at radius 1 is 1.05 bits per heavy atom. The average molecular weight is 283 g/mol. The maximum atomic E-state index is 9.48. The van der Waals surface area contributed by atoms with Crippen molar-refractivity contribution in [2.75, 3.05) is 0 Å². The molecule has 0 amide bonds. The number of hydrogen-bond acceptors (Lipinski definition) is 4. The topological polar surface area (TPSA) is 65.6 Å². The van der Waals surface area contributed by atoms with E-state index in [4.69, 9.17) is 4.42 Å². The van der Waals surface area contributed by atoms with Crippen LogP contribution in [0, 0.1) is 0 Å². The van der Waals surface area contributed by atoms with E-state index in [1.165, 1.54) is 6.07 Å². The second-order valence-corrected chi connectivity index (χ2v) is 5.11. The molecule has 4 heteroatoms. The van der Waals surface area contributed by atoms with E-state index in [-0.39, 0.29) is 17.5 Å². The number of fused-ring (bicyclic) bond motifs is 1. The van der Waals surface area contributed by atoms with E-state index in [2.05, 4.69) is 5.32 Å². The van der Waals surface area contributed by atoms with Gasteiger partial charge in [0, 0.05) is 11.9 Å². The predicted octanol–water partition coefficient (Wildman–Crippen LogP) is 3.69. The first-order valence-electron chi connectivity index (χ1n) is 6.86. The van der Waals surface area contributed by atoms with Crippen LogP contribution in [0.15, 0.2) is 52.9 Å². The maximum absolute atomic E-state index is 9.48. The van der Waals surface area contributed by atoms with Crippen molar-refractivity contribution in [3.8, 4) is 11.5 Å². The molecule has 1 aromatic heterocycles. The van der Waals surface area contributed by atoms with Gasteiger partial charge in [0.25, 0.3) is 0 Å². The average Bonchev–Trinajstić information content (AvgIpc) is 2.92. The minimum absolute atomic E-state index is 0.0494. The molecule has 0 radical (unpaired) electrons. The Kier molecular flexibility index (Phi) is 3.54. The number of rotatable bonds is 4. The fourth-order valence-electron chi connectivity index (χ4n) is 2.27. The normalized spacial score (nSPS) is 12.6. The highest BCUT2D eigenvalue weighted by atomic mass is 16.3. The number of aromatic hydroxyl groups is 2.